The lowest BCUT2D eigenvalue weighted by Crippen LogP contribution is -2.02. The van der Waals surface area contributed by atoms with Gasteiger partial charge in [-0.15, -0.1) is 0 Å². The van der Waals surface area contributed by atoms with Crippen LogP contribution in [0.4, 0.5) is 0 Å². The van der Waals surface area contributed by atoms with E-state index >= 15 is 0 Å². The lowest BCUT2D eigenvalue weighted by Gasteiger charge is -2.15. The maximum atomic E-state index is 9.22. The van der Waals surface area contributed by atoms with E-state index in [1.807, 2.05) is 13.8 Å². The normalized spacial score (nSPS) is 14.7. The number of rotatable bonds is 4. The molecule has 0 aliphatic carbocycles. The van der Waals surface area contributed by atoms with Crippen molar-refractivity contribution < 1.29 is 9.42 Å². The van der Waals surface area contributed by atoms with Crippen LogP contribution in [0, 0.1) is 5.92 Å². The van der Waals surface area contributed by atoms with Crippen LogP contribution >= 0.6 is 8.38 Å². The van der Waals surface area contributed by atoms with Crippen LogP contribution in [0.15, 0.2) is 0 Å². The fourth-order valence-electron chi connectivity index (χ4n) is 0.375. The lowest BCUT2D eigenvalue weighted by molar-refractivity contribution is 0.264. The van der Waals surface area contributed by atoms with Gasteiger partial charge < -0.3 is 9.42 Å². The van der Waals surface area contributed by atoms with Crippen LogP contribution in [0.25, 0.3) is 0 Å². The van der Waals surface area contributed by atoms with Gasteiger partial charge in [-0.25, -0.2) is 0 Å². The van der Waals surface area contributed by atoms with Crippen LogP contribution in [0.3, 0.4) is 0 Å². The predicted octanol–water partition coefficient (Wildman–Crippen LogP) is 2.37. The second-order valence-corrected chi connectivity index (χ2v) is 4.98. The van der Waals surface area contributed by atoms with E-state index in [1.54, 1.807) is 0 Å². The molecule has 0 aromatic rings. The van der Waals surface area contributed by atoms with E-state index in [0.29, 0.717) is 12.5 Å². The molecule has 0 aromatic carbocycles. The van der Waals surface area contributed by atoms with Crippen LogP contribution in [0.5, 0.6) is 0 Å². The summed E-state index contributed by atoms with van der Waals surface area (Å²) >= 11 is 0. The zero-order valence-corrected chi connectivity index (χ0v) is 8.06. The zero-order valence-electron chi connectivity index (χ0n) is 7.16. The maximum Gasteiger partial charge on any atom is 0.170 e. The van der Waals surface area contributed by atoms with Crippen molar-refractivity contribution in [2.45, 2.75) is 33.4 Å². The smallest absolute Gasteiger partial charge is 0.170 e. The Morgan fingerprint density at radius 2 is 1.80 bits per heavy atom. The molecule has 0 aliphatic rings. The van der Waals surface area contributed by atoms with E-state index in [-0.39, 0.29) is 5.66 Å². The highest BCUT2D eigenvalue weighted by atomic mass is 31.2. The molecule has 1 N–H and O–H groups in total. The van der Waals surface area contributed by atoms with Gasteiger partial charge in [0.2, 0.25) is 0 Å². The Hall–Kier alpha value is 0.350. The fraction of sp³-hybridized carbons (Fsp3) is 1.00. The summed E-state index contributed by atoms with van der Waals surface area (Å²) in [5.41, 5.74) is 0.258. The first kappa shape index (κ1) is 10.3. The molecule has 1 atom stereocenters. The molecule has 0 aromatic heterocycles. The quantitative estimate of drug-likeness (QED) is 0.646. The highest BCUT2D eigenvalue weighted by molar-refractivity contribution is 7.46. The summed E-state index contributed by atoms with van der Waals surface area (Å²) in [5.74, 6) is 0.510. The molecule has 2 nitrogen and oxygen atoms in total. The largest absolute Gasteiger partial charge is 0.350 e. The Labute approximate surface area is 64.5 Å². The Kier molecular flexibility index (Phi) is 5.24. The van der Waals surface area contributed by atoms with Crippen LogP contribution in [0.1, 0.15) is 27.7 Å². The molecule has 0 bridgehead atoms. The van der Waals surface area contributed by atoms with Crippen molar-refractivity contribution in [1.82, 2.24) is 0 Å². The molecular formula is C7H17O2P. The third-order valence-electron chi connectivity index (χ3n) is 0.982. The molecule has 3 heteroatoms. The molecule has 0 rings (SSSR count). The minimum absolute atomic E-state index is 0.258. The minimum atomic E-state index is -1.17. The maximum absolute atomic E-state index is 9.22. The summed E-state index contributed by atoms with van der Waals surface area (Å²) in [5, 5.41) is 0. The SMILES string of the molecule is CC(C)COP(O)C(C)C. The topological polar surface area (TPSA) is 29.5 Å². The molecule has 0 aliphatic heterocycles. The predicted molar refractivity (Wildman–Crippen MR) is 45.1 cm³/mol. The fourth-order valence-corrected chi connectivity index (χ4v) is 1.12. The van der Waals surface area contributed by atoms with Crippen molar-refractivity contribution in [3.8, 4) is 0 Å². The molecule has 0 saturated heterocycles. The monoisotopic (exact) mass is 164 g/mol. The summed E-state index contributed by atoms with van der Waals surface area (Å²) in [6.45, 7) is 8.74. The molecule has 10 heavy (non-hydrogen) atoms. The van der Waals surface area contributed by atoms with Crippen molar-refractivity contribution >= 4 is 8.38 Å². The van der Waals surface area contributed by atoms with Crippen molar-refractivity contribution in [3.63, 3.8) is 0 Å². The van der Waals surface area contributed by atoms with Crippen molar-refractivity contribution in [1.29, 1.82) is 0 Å². The first-order chi connectivity index (χ1) is 4.54. The molecule has 1 unspecified atom stereocenters. The van der Waals surface area contributed by atoms with Crippen LogP contribution < -0.4 is 0 Å². The Balaban J connectivity index is 3.30. The van der Waals surface area contributed by atoms with Gasteiger partial charge in [-0.2, -0.15) is 0 Å². The van der Waals surface area contributed by atoms with Crippen molar-refractivity contribution in [3.05, 3.63) is 0 Å². The van der Waals surface area contributed by atoms with Crippen molar-refractivity contribution in [2.75, 3.05) is 6.61 Å². The van der Waals surface area contributed by atoms with Crippen LogP contribution in [-0.2, 0) is 4.52 Å². The first-order valence-electron chi connectivity index (χ1n) is 3.65. The third kappa shape index (κ3) is 5.16. The first-order valence-corrected chi connectivity index (χ1v) is 4.93. The molecule has 0 amide bonds. The second kappa shape index (κ2) is 5.06. The highest BCUT2D eigenvalue weighted by Gasteiger charge is 2.10. The van der Waals surface area contributed by atoms with Gasteiger partial charge in [0.1, 0.15) is 0 Å². The Morgan fingerprint density at radius 3 is 2.10 bits per heavy atom. The molecule has 0 heterocycles. The van der Waals surface area contributed by atoms with Crippen LogP contribution in [0.2, 0.25) is 0 Å². The Bertz CT molecular complexity index is 83.7. The minimum Gasteiger partial charge on any atom is -0.350 e. The summed E-state index contributed by atoms with van der Waals surface area (Å²) in [6, 6.07) is 0. The number of hydrogen-bond donors (Lipinski definition) is 1. The molecule has 0 saturated carbocycles. The lowest BCUT2D eigenvalue weighted by atomic mass is 10.2. The van der Waals surface area contributed by atoms with Gasteiger partial charge in [-0.3, -0.25) is 0 Å². The van der Waals surface area contributed by atoms with Gasteiger partial charge >= 0.3 is 0 Å². The second-order valence-electron chi connectivity index (χ2n) is 3.09. The summed E-state index contributed by atoms with van der Waals surface area (Å²) in [4.78, 5) is 9.22. The standard InChI is InChI=1S/C7H17O2P/c1-6(2)5-9-10(8)7(3)4/h6-8H,5H2,1-4H3. The average Bonchev–Trinajstić information content (AvgIpc) is 1.82. The van der Waals surface area contributed by atoms with Crippen LogP contribution in [-0.4, -0.2) is 17.2 Å². The molecule has 0 spiro atoms. The van der Waals surface area contributed by atoms with E-state index in [0.717, 1.165) is 0 Å². The zero-order chi connectivity index (χ0) is 8.15. The van der Waals surface area contributed by atoms with Gasteiger partial charge in [0.15, 0.2) is 8.38 Å². The van der Waals surface area contributed by atoms with Gasteiger partial charge in [-0.05, 0) is 5.92 Å². The molecular weight excluding hydrogens is 147 g/mol. The number of hydrogen-bond acceptors (Lipinski definition) is 2. The summed E-state index contributed by atoms with van der Waals surface area (Å²) in [6.07, 6.45) is 0. The highest BCUT2D eigenvalue weighted by Crippen LogP contribution is 2.37. The average molecular weight is 164 g/mol. The van der Waals surface area contributed by atoms with E-state index in [1.165, 1.54) is 0 Å². The summed E-state index contributed by atoms with van der Waals surface area (Å²) < 4.78 is 5.19. The van der Waals surface area contributed by atoms with Gasteiger partial charge in [-0.1, -0.05) is 27.7 Å². The van der Waals surface area contributed by atoms with Gasteiger partial charge in [0.05, 0.1) is 6.61 Å². The Morgan fingerprint density at radius 1 is 1.30 bits per heavy atom. The van der Waals surface area contributed by atoms with Gasteiger partial charge in [0, 0.05) is 5.66 Å². The van der Waals surface area contributed by atoms with E-state index in [2.05, 4.69) is 13.8 Å². The van der Waals surface area contributed by atoms with E-state index < -0.39 is 8.38 Å². The molecule has 62 valence electrons. The van der Waals surface area contributed by atoms with E-state index in [4.69, 9.17) is 4.52 Å². The van der Waals surface area contributed by atoms with Gasteiger partial charge in [0.25, 0.3) is 0 Å². The molecule has 0 radical (unpaired) electrons. The van der Waals surface area contributed by atoms with E-state index in [9.17, 15) is 4.89 Å². The summed E-state index contributed by atoms with van der Waals surface area (Å²) in [7, 11) is -1.17. The molecule has 0 fully saturated rings. The third-order valence-corrected chi connectivity index (χ3v) is 2.28. The van der Waals surface area contributed by atoms with Crippen molar-refractivity contribution in [2.24, 2.45) is 5.92 Å².